The maximum Gasteiger partial charge on any atom is 0.306 e. The van der Waals surface area contributed by atoms with E-state index in [1.165, 1.54) is 0 Å². The predicted octanol–water partition coefficient (Wildman–Crippen LogP) is 0.229. The number of halogens is 2. The van der Waals surface area contributed by atoms with Crippen LogP contribution in [0.2, 0.25) is 0 Å². The van der Waals surface area contributed by atoms with Crippen molar-refractivity contribution in [3.8, 4) is 0 Å². The van der Waals surface area contributed by atoms with E-state index in [4.69, 9.17) is 10.2 Å². The molecule has 5 nitrogen and oxygen atoms in total. The van der Waals surface area contributed by atoms with Gasteiger partial charge in [-0.2, -0.15) is 0 Å². The summed E-state index contributed by atoms with van der Waals surface area (Å²) in [5.74, 6) is -2.40. The van der Waals surface area contributed by atoms with Crippen molar-refractivity contribution in [1.29, 1.82) is 0 Å². The van der Waals surface area contributed by atoms with E-state index < -0.39 is 42.8 Å². The summed E-state index contributed by atoms with van der Waals surface area (Å²) >= 11 is 0. The average Bonchev–Trinajstić information content (AvgIpc) is 2.74. The zero-order valence-corrected chi connectivity index (χ0v) is 9.10. The molecular weight excluding hydrogens is 236 g/mol. The summed E-state index contributed by atoms with van der Waals surface area (Å²) in [6, 6.07) is 0. The number of hydrogen-bond donors (Lipinski definition) is 3. The number of hydrogen-bond acceptors (Lipinski definition) is 3. The zero-order chi connectivity index (χ0) is 13.0. The van der Waals surface area contributed by atoms with Crippen LogP contribution in [0.15, 0.2) is 0 Å². The van der Waals surface area contributed by atoms with Crippen LogP contribution < -0.4 is 5.32 Å². The standard InChI is InChI=1S/C10H15F2NO4/c11-8(12)7(14)4-13-9(15)5-1-2-6(3-5)10(16)17/h5-8,14H,1-4H2,(H,13,15)(H,16,17). The lowest BCUT2D eigenvalue weighted by Gasteiger charge is -2.13. The van der Waals surface area contributed by atoms with Crippen LogP contribution in [0.25, 0.3) is 0 Å². The second kappa shape index (κ2) is 5.90. The minimum absolute atomic E-state index is 0.228. The molecule has 0 spiro atoms. The van der Waals surface area contributed by atoms with Gasteiger partial charge in [0.15, 0.2) is 0 Å². The lowest BCUT2D eigenvalue weighted by atomic mass is 10.0. The molecular formula is C10H15F2NO4. The van der Waals surface area contributed by atoms with Crippen molar-refractivity contribution in [2.75, 3.05) is 6.54 Å². The lowest BCUT2D eigenvalue weighted by Crippen LogP contribution is -2.38. The molecule has 3 unspecified atom stereocenters. The average molecular weight is 251 g/mol. The first-order chi connectivity index (χ1) is 7.91. The Morgan fingerprint density at radius 1 is 1.29 bits per heavy atom. The summed E-state index contributed by atoms with van der Waals surface area (Å²) in [6.07, 6.45) is -3.69. The summed E-state index contributed by atoms with van der Waals surface area (Å²) in [5, 5.41) is 19.7. The van der Waals surface area contributed by atoms with E-state index in [0.29, 0.717) is 12.8 Å². The maximum atomic E-state index is 11.9. The Morgan fingerprint density at radius 2 is 1.88 bits per heavy atom. The number of carbonyl (C=O) groups excluding carboxylic acids is 1. The Labute approximate surface area is 96.8 Å². The molecule has 0 aromatic heterocycles. The van der Waals surface area contributed by atoms with Crippen LogP contribution >= 0.6 is 0 Å². The number of aliphatic hydroxyl groups excluding tert-OH is 1. The van der Waals surface area contributed by atoms with Crippen molar-refractivity contribution >= 4 is 11.9 Å². The Hall–Kier alpha value is -1.24. The van der Waals surface area contributed by atoms with Crippen molar-refractivity contribution in [2.24, 2.45) is 11.8 Å². The van der Waals surface area contributed by atoms with E-state index in [1.54, 1.807) is 0 Å². The fourth-order valence-electron chi connectivity index (χ4n) is 1.88. The van der Waals surface area contributed by atoms with Gasteiger partial charge in [-0.3, -0.25) is 9.59 Å². The van der Waals surface area contributed by atoms with E-state index in [1.807, 2.05) is 0 Å². The van der Waals surface area contributed by atoms with Crippen molar-refractivity contribution in [1.82, 2.24) is 5.32 Å². The number of carboxylic acid groups (broad SMARTS) is 1. The van der Waals surface area contributed by atoms with Gasteiger partial charge in [0.2, 0.25) is 5.91 Å². The minimum atomic E-state index is -2.90. The van der Waals surface area contributed by atoms with E-state index in [9.17, 15) is 18.4 Å². The molecule has 0 radical (unpaired) electrons. The highest BCUT2D eigenvalue weighted by atomic mass is 19.3. The summed E-state index contributed by atoms with van der Waals surface area (Å²) < 4.78 is 23.9. The molecule has 0 aliphatic heterocycles. The van der Waals surface area contributed by atoms with Gasteiger partial charge in [0.1, 0.15) is 6.10 Å². The van der Waals surface area contributed by atoms with Crippen molar-refractivity contribution in [3.63, 3.8) is 0 Å². The number of rotatable bonds is 5. The van der Waals surface area contributed by atoms with Gasteiger partial charge in [-0.15, -0.1) is 0 Å². The van der Waals surface area contributed by atoms with E-state index in [2.05, 4.69) is 5.32 Å². The molecule has 98 valence electrons. The Balaban J connectivity index is 2.32. The third-order valence-electron chi connectivity index (χ3n) is 2.93. The second-order valence-corrected chi connectivity index (χ2v) is 4.19. The molecule has 0 aromatic rings. The molecule has 1 fully saturated rings. The topological polar surface area (TPSA) is 86.6 Å². The fraction of sp³-hybridized carbons (Fsp3) is 0.800. The van der Waals surface area contributed by atoms with Crippen molar-refractivity contribution in [2.45, 2.75) is 31.8 Å². The van der Waals surface area contributed by atoms with Gasteiger partial charge in [-0.1, -0.05) is 0 Å². The Bertz CT molecular complexity index is 298. The number of aliphatic hydroxyl groups is 1. The quantitative estimate of drug-likeness (QED) is 0.652. The van der Waals surface area contributed by atoms with Gasteiger partial charge in [-0.05, 0) is 19.3 Å². The first-order valence-electron chi connectivity index (χ1n) is 5.38. The Morgan fingerprint density at radius 3 is 2.35 bits per heavy atom. The molecule has 3 N–H and O–H groups in total. The van der Waals surface area contributed by atoms with Gasteiger partial charge in [-0.25, -0.2) is 8.78 Å². The third kappa shape index (κ3) is 3.92. The minimum Gasteiger partial charge on any atom is -0.481 e. The van der Waals surface area contributed by atoms with E-state index in [0.717, 1.165) is 0 Å². The molecule has 7 heteroatoms. The molecule has 1 rings (SSSR count). The lowest BCUT2D eigenvalue weighted by molar-refractivity contribution is -0.141. The highest BCUT2D eigenvalue weighted by Crippen LogP contribution is 2.31. The summed E-state index contributed by atoms with van der Waals surface area (Å²) in [5.41, 5.74) is 0. The largest absolute Gasteiger partial charge is 0.481 e. The number of nitrogens with one attached hydrogen (secondary N) is 1. The number of amides is 1. The number of alkyl halides is 2. The maximum absolute atomic E-state index is 11.9. The SMILES string of the molecule is O=C(O)C1CCC(C(=O)NCC(O)C(F)F)C1. The molecule has 3 atom stereocenters. The van der Waals surface area contributed by atoms with Crippen LogP contribution in [-0.2, 0) is 9.59 Å². The van der Waals surface area contributed by atoms with Gasteiger partial charge in [0, 0.05) is 12.5 Å². The summed E-state index contributed by atoms with van der Waals surface area (Å²) in [4.78, 5) is 22.1. The zero-order valence-electron chi connectivity index (χ0n) is 9.10. The van der Waals surface area contributed by atoms with Crippen molar-refractivity contribution < 1.29 is 28.6 Å². The third-order valence-corrected chi connectivity index (χ3v) is 2.93. The van der Waals surface area contributed by atoms with Crippen LogP contribution in [0.3, 0.4) is 0 Å². The smallest absolute Gasteiger partial charge is 0.306 e. The summed E-state index contributed by atoms with van der Waals surface area (Å²) in [6.45, 7) is -0.509. The monoisotopic (exact) mass is 251 g/mol. The molecule has 0 bridgehead atoms. The van der Waals surface area contributed by atoms with Crippen LogP contribution in [0, 0.1) is 11.8 Å². The predicted molar refractivity (Wildman–Crippen MR) is 53.5 cm³/mol. The van der Waals surface area contributed by atoms with Crippen LogP contribution in [-0.4, -0.2) is 41.2 Å². The first-order valence-corrected chi connectivity index (χ1v) is 5.38. The van der Waals surface area contributed by atoms with Crippen LogP contribution in [0.4, 0.5) is 8.78 Å². The van der Waals surface area contributed by atoms with Gasteiger partial charge in [0.25, 0.3) is 6.43 Å². The molecule has 0 saturated heterocycles. The second-order valence-electron chi connectivity index (χ2n) is 4.19. The van der Waals surface area contributed by atoms with Gasteiger partial charge >= 0.3 is 5.97 Å². The Kier molecular flexibility index (Phi) is 4.80. The highest BCUT2D eigenvalue weighted by Gasteiger charge is 2.34. The highest BCUT2D eigenvalue weighted by molar-refractivity contribution is 5.80. The molecule has 17 heavy (non-hydrogen) atoms. The molecule has 1 aliphatic carbocycles. The van der Waals surface area contributed by atoms with Crippen molar-refractivity contribution in [3.05, 3.63) is 0 Å². The molecule has 1 aliphatic rings. The van der Waals surface area contributed by atoms with Crippen LogP contribution in [0.1, 0.15) is 19.3 Å². The fourth-order valence-corrected chi connectivity index (χ4v) is 1.88. The number of aliphatic carboxylic acids is 1. The normalized spacial score (nSPS) is 25.9. The molecule has 0 heterocycles. The molecule has 1 amide bonds. The van der Waals surface area contributed by atoms with E-state index in [-0.39, 0.29) is 6.42 Å². The first kappa shape index (κ1) is 13.8. The number of carboxylic acids is 1. The molecule has 0 aromatic carbocycles. The summed E-state index contributed by atoms with van der Waals surface area (Å²) in [7, 11) is 0. The number of carbonyl (C=O) groups is 2. The van der Waals surface area contributed by atoms with E-state index >= 15 is 0 Å². The van der Waals surface area contributed by atoms with Crippen LogP contribution in [0.5, 0.6) is 0 Å². The van der Waals surface area contributed by atoms with Gasteiger partial charge in [0.05, 0.1) is 5.92 Å². The van der Waals surface area contributed by atoms with Gasteiger partial charge < -0.3 is 15.5 Å². The molecule has 1 saturated carbocycles.